The third kappa shape index (κ3) is 3.98. The van der Waals surface area contributed by atoms with Gasteiger partial charge in [0.1, 0.15) is 0 Å². The van der Waals surface area contributed by atoms with Crippen molar-refractivity contribution >= 4 is 7.69 Å². The Kier molecular flexibility index (Phi) is 4.97. The van der Waals surface area contributed by atoms with E-state index in [-0.39, 0.29) is 0 Å². The zero-order chi connectivity index (χ0) is 4.83. The maximum absolute atomic E-state index is 4.76. The first-order valence-corrected chi connectivity index (χ1v) is 1.98. The van der Waals surface area contributed by atoms with E-state index in [4.69, 9.17) is 4.65 Å². The van der Waals surface area contributed by atoms with Crippen LogP contribution in [0.3, 0.4) is 0 Å². The molecule has 0 unspecified atom stereocenters. The minimum absolute atomic E-state index is 0.413. The molecule has 6 heavy (non-hydrogen) atoms. The van der Waals surface area contributed by atoms with Crippen LogP contribution >= 0.6 is 0 Å². The highest BCUT2D eigenvalue weighted by Gasteiger charge is 1.78. The predicted molar refractivity (Wildman–Crippen MR) is 25.8 cm³/mol. The van der Waals surface area contributed by atoms with E-state index in [0.29, 0.717) is 7.69 Å². The smallest absolute Gasteiger partial charge is 0.417 e. The summed E-state index contributed by atoms with van der Waals surface area (Å²) in [4.78, 5) is 0. The van der Waals surface area contributed by atoms with Gasteiger partial charge in [-0.25, -0.2) is 0 Å². The zero-order valence-corrected chi connectivity index (χ0v) is 4.23. The molecule has 0 aromatic heterocycles. The summed E-state index contributed by atoms with van der Waals surface area (Å²) in [5.74, 6) is 0. The number of rotatable bonds is 3. The predicted octanol–water partition coefficient (Wildman–Crippen LogP) is -0.0642. The highest BCUT2D eigenvalue weighted by Crippen LogP contribution is 1.64. The first-order chi connectivity index (χ1) is 2.91. The lowest BCUT2D eigenvalue weighted by atomic mass is 10.4. The van der Waals surface area contributed by atoms with Crippen LogP contribution in [0.15, 0.2) is 0 Å². The van der Waals surface area contributed by atoms with Crippen LogP contribution in [0.25, 0.3) is 0 Å². The summed E-state index contributed by atoms with van der Waals surface area (Å²) in [6.07, 6.45) is 0. The van der Waals surface area contributed by atoms with E-state index in [2.05, 4.69) is 4.65 Å². The largest absolute Gasteiger partial charge is 0.437 e. The van der Waals surface area contributed by atoms with E-state index >= 15 is 0 Å². The highest BCUT2D eigenvalue weighted by molar-refractivity contribution is 6.17. The molecular weight excluding hydrogens is 78.8 g/mol. The summed E-state index contributed by atoms with van der Waals surface area (Å²) < 4.78 is 9.32. The molecule has 0 aliphatic heterocycles. The number of hydrogen-bond donors (Lipinski definition) is 0. The molecule has 0 atom stereocenters. The van der Waals surface area contributed by atoms with Gasteiger partial charge in [-0.3, -0.25) is 0 Å². The minimum atomic E-state index is 0.413. The summed E-state index contributed by atoms with van der Waals surface area (Å²) in [7, 11) is 2.02. The molecule has 0 N–H and O–H groups in total. The molecule has 0 radical (unpaired) electrons. The fourth-order valence-corrected chi connectivity index (χ4v) is 0.167. The topological polar surface area (TPSA) is 18.5 Å². The van der Waals surface area contributed by atoms with Gasteiger partial charge in [-0.1, -0.05) is 0 Å². The second-order valence-electron chi connectivity index (χ2n) is 0.899. The summed E-state index contributed by atoms with van der Waals surface area (Å²) >= 11 is 0. The monoisotopic (exact) mass is 88.1 g/mol. The van der Waals surface area contributed by atoms with Crippen molar-refractivity contribution in [2.75, 3.05) is 13.7 Å². The lowest BCUT2D eigenvalue weighted by Gasteiger charge is -1.90. The molecule has 0 spiro atoms. The Balaban J connectivity index is 2.34. The molecule has 0 amide bonds. The van der Waals surface area contributed by atoms with Gasteiger partial charge in [0.2, 0.25) is 0 Å². The summed E-state index contributed by atoms with van der Waals surface area (Å²) in [6.45, 7) is 2.66. The van der Waals surface area contributed by atoms with Crippen LogP contribution in [0.2, 0.25) is 0 Å². The normalized spacial score (nSPS) is 8.33. The fourth-order valence-electron chi connectivity index (χ4n) is 0.167. The van der Waals surface area contributed by atoms with Crippen molar-refractivity contribution < 1.29 is 9.31 Å². The average Bonchev–Trinajstić information content (AvgIpc) is 1.61. The first-order valence-electron chi connectivity index (χ1n) is 1.98. The van der Waals surface area contributed by atoms with Gasteiger partial charge in [-0.15, -0.1) is 0 Å². The van der Waals surface area contributed by atoms with Gasteiger partial charge < -0.3 is 9.31 Å². The summed E-state index contributed by atoms with van der Waals surface area (Å²) in [6, 6.07) is 0. The van der Waals surface area contributed by atoms with Crippen molar-refractivity contribution in [1.29, 1.82) is 0 Å². The molecule has 0 saturated heterocycles. The van der Waals surface area contributed by atoms with Crippen molar-refractivity contribution in [3.63, 3.8) is 0 Å². The van der Waals surface area contributed by atoms with Crippen molar-refractivity contribution in [2.24, 2.45) is 0 Å². The molecule has 0 heterocycles. The molecule has 0 fully saturated rings. The van der Waals surface area contributed by atoms with Gasteiger partial charge in [-0.05, 0) is 6.92 Å². The maximum Gasteiger partial charge on any atom is 0.437 e. The van der Waals surface area contributed by atoms with Gasteiger partial charge in [-0.2, -0.15) is 0 Å². The minimum Gasteiger partial charge on any atom is -0.417 e. The highest BCUT2D eigenvalue weighted by atomic mass is 16.6. The Hall–Kier alpha value is -0.0151. The maximum atomic E-state index is 4.76. The van der Waals surface area contributed by atoms with Crippen LogP contribution in [0.5, 0.6) is 0 Å². The quantitative estimate of drug-likeness (QED) is 0.355. The second kappa shape index (κ2) is 4.98. The van der Waals surface area contributed by atoms with E-state index in [1.807, 2.05) is 6.92 Å². The van der Waals surface area contributed by atoms with Gasteiger partial charge in [0, 0.05) is 13.7 Å². The fraction of sp³-hybridized carbons (Fsp3) is 1.00. The Labute approximate surface area is 38.8 Å². The van der Waals surface area contributed by atoms with Crippen LogP contribution in [-0.4, -0.2) is 21.4 Å². The summed E-state index contributed by atoms with van der Waals surface area (Å²) in [5.41, 5.74) is 0. The van der Waals surface area contributed by atoms with Crippen LogP contribution in [0, 0.1) is 0 Å². The Morgan fingerprint density at radius 3 is 2.50 bits per heavy atom. The van der Waals surface area contributed by atoms with Crippen LogP contribution < -0.4 is 0 Å². The lowest BCUT2D eigenvalue weighted by molar-refractivity contribution is 0.269. The molecule has 2 nitrogen and oxygen atoms in total. The van der Waals surface area contributed by atoms with Gasteiger partial charge >= 0.3 is 7.69 Å². The molecule has 0 aliphatic rings. The van der Waals surface area contributed by atoms with Crippen molar-refractivity contribution in [3.8, 4) is 0 Å². The zero-order valence-electron chi connectivity index (χ0n) is 4.23. The molecule has 0 rings (SSSR count). The molecule has 0 bridgehead atoms. The molecule has 0 aromatic carbocycles. The molecule has 0 aromatic rings. The Bertz CT molecular complexity index is 20.8. The molecular formula is C3H9BO2. The molecule has 3 heteroatoms. The van der Waals surface area contributed by atoms with Gasteiger partial charge in [0.05, 0.1) is 0 Å². The van der Waals surface area contributed by atoms with E-state index in [0.717, 1.165) is 6.61 Å². The SMILES string of the molecule is CCOBOC. The Morgan fingerprint density at radius 2 is 2.33 bits per heavy atom. The van der Waals surface area contributed by atoms with Gasteiger partial charge in [0.25, 0.3) is 0 Å². The van der Waals surface area contributed by atoms with Crippen LogP contribution in [-0.2, 0) is 9.31 Å². The van der Waals surface area contributed by atoms with E-state index < -0.39 is 0 Å². The summed E-state index contributed by atoms with van der Waals surface area (Å²) in [5, 5.41) is 0. The van der Waals surface area contributed by atoms with E-state index in [9.17, 15) is 0 Å². The standard InChI is InChI=1S/C3H9BO2/c1-3-6-4-5-2/h4H,3H2,1-2H3. The van der Waals surface area contributed by atoms with Crippen molar-refractivity contribution in [3.05, 3.63) is 0 Å². The van der Waals surface area contributed by atoms with Gasteiger partial charge in [0.15, 0.2) is 0 Å². The average molecular weight is 87.9 g/mol. The number of hydrogen-bond acceptors (Lipinski definition) is 2. The molecule has 0 saturated carbocycles. The van der Waals surface area contributed by atoms with Crippen LogP contribution in [0.4, 0.5) is 0 Å². The lowest BCUT2D eigenvalue weighted by Crippen LogP contribution is -1.98. The second-order valence-corrected chi connectivity index (χ2v) is 0.899. The first kappa shape index (κ1) is 5.98. The van der Waals surface area contributed by atoms with E-state index in [1.54, 1.807) is 7.11 Å². The van der Waals surface area contributed by atoms with Crippen molar-refractivity contribution in [2.45, 2.75) is 6.92 Å². The third-order valence-electron chi connectivity index (χ3n) is 0.405. The van der Waals surface area contributed by atoms with E-state index in [1.165, 1.54) is 0 Å². The molecule has 0 aliphatic carbocycles. The molecule has 36 valence electrons. The third-order valence-corrected chi connectivity index (χ3v) is 0.405. The van der Waals surface area contributed by atoms with Crippen LogP contribution in [0.1, 0.15) is 6.92 Å². The Morgan fingerprint density at radius 1 is 1.67 bits per heavy atom. The van der Waals surface area contributed by atoms with Crippen molar-refractivity contribution in [1.82, 2.24) is 0 Å².